The third kappa shape index (κ3) is 2.87. The summed E-state index contributed by atoms with van der Waals surface area (Å²) in [6, 6.07) is 6.47. The Morgan fingerprint density at radius 3 is 2.64 bits per heavy atom. The molecule has 0 radical (unpaired) electrons. The van der Waals surface area contributed by atoms with Crippen LogP contribution in [0, 0.1) is 0 Å². The van der Waals surface area contributed by atoms with Gasteiger partial charge in [0.25, 0.3) is 5.91 Å². The molecule has 0 saturated carbocycles. The summed E-state index contributed by atoms with van der Waals surface area (Å²) >= 11 is 1.52. The predicted molar refractivity (Wildman–Crippen MR) is 83.9 cm³/mol. The number of hydrogen-bond acceptors (Lipinski definition) is 4. The van der Waals surface area contributed by atoms with Gasteiger partial charge in [-0.05, 0) is 31.4 Å². The van der Waals surface area contributed by atoms with Crippen molar-refractivity contribution in [3.8, 4) is 11.3 Å². The maximum Gasteiger partial charge on any atom is 0.326 e. The first-order valence-corrected chi connectivity index (χ1v) is 8.13. The lowest BCUT2D eigenvalue weighted by Gasteiger charge is -2.33. The third-order valence-electron chi connectivity index (χ3n) is 3.91. The summed E-state index contributed by atoms with van der Waals surface area (Å²) in [5.41, 5.74) is 4.11. The summed E-state index contributed by atoms with van der Waals surface area (Å²) in [6.07, 6.45) is 2.23. The van der Waals surface area contributed by atoms with E-state index in [1.807, 2.05) is 17.5 Å². The smallest absolute Gasteiger partial charge is 0.326 e. The number of amides is 1. The van der Waals surface area contributed by atoms with Crippen LogP contribution in [0.4, 0.5) is 0 Å². The second kappa shape index (κ2) is 6.27. The highest BCUT2D eigenvalue weighted by Crippen LogP contribution is 2.23. The van der Waals surface area contributed by atoms with E-state index in [4.69, 9.17) is 0 Å². The van der Waals surface area contributed by atoms with Gasteiger partial charge < -0.3 is 10.0 Å². The molecule has 0 aliphatic carbocycles. The summed E-state index contributed by atoms with van der Waals surface area (Å²) in [6.45, 7) is 0.504. The first kappa shape index (κ1) is 14.7. The van der Waals surface area contributed by atoms with E-state index in [0.717, 1.165) is 24.1 Å². The first-order valence-electron chi connectivity index (χ1n) is 7.19. The number of carbonyl (C=O) groups is 2. The van der Waals surface area contributed by atoms with Gasteiger partial charge in [-0.3, -0.25) is 4.79 Å². The van der Waals surface area contributed by atoms with Gasteiger partial charge in [0.1, 0.15) is 6.04 Å². The van der Waals surface area contributed by atoms with E-state index >= 15 is 0 Å². The number of benzene rings is 1. The fourth-order valence-electron chi connectivity index (χ4n) is 2.74. The van der Waals surface area contributed by atoms with Crippen LogP contribution in [0.3, 0.4) is 0 Å². The van der Waals surface area contributed by atoms with Crippen molar-refractivity contribution in [1.29, 1.82) is 0 Å². The zero-order chi connectivity index (χ0) is 15.5. The van der Waals surface area contributed by atoms with Crippen LogP contribution in [0.1, 0.15) is 29.6 Å². The molecule has 1 aromatic heterocycles. The van der Waals surface area contributed by atoms with Crippen molar-refractivity contribution in [3.05, 3.63) is 40.7 Å². The molecule has 2 heterocycles. The van der Waals surface area contributed by atoms with Crippen molar-refractivity contribution in [3.63, 3.8) is 0 Å². The highest BCUT2D eigenvalue weighted by atomic mass is 32.1. The van der Waals surface area contributed by atoms with Crippen molar-refractivity contribution in [2.45, 2.75) is 25.3 Å². The number of thiazole rings is 1. The molecule has 2 aromatic rings. The number of aromatic nitrogens is 1. The van der Waals surface area contributed by atoms with Gasteiger partial charge in [-0.2, -0.15) is 0 Å². The Morgan fingerprint density at radius 2 is 2.00 bits per heavy atom. The number of rotatable bonds is 3. The Morgan fingerprint density at radius 1 is 1.23 bits per heavy atom. The second-order valence-electron chi connectivity index (χ2n) is 5.30. The molecule has 1 fully saturated rings. The van der Waals surface area contributed by atoms with Gasteiger partial charge in [0, 0.05) is 23.1 Å². The van der Waals surface area contributed by atoms with Crippen molar-refractivity contribution in [2.24, 2.45) is 0 Å². The molecule has 1 amide bonds. The van der Waals surface area contributed by atoms with E-state index in [0.29, 0.717) is 18.5 Å². The van der Waals surface area contributed by atoms with E-state index in [1.165, 1.54) is 16.2 Å². The van der Waals surface area contributed by atoms with Gasteiger partial charge in [0.2, 0.25) is 0 Å². The number of carboxylic acid groups (broad SMARTS) is 1. The molecule has 114 valence electrons. The minimum absolute atomic E-state index is 0.211. The van der Waals surface area contributed by atoms with Crippen LogP contribution in [0.5, 0.6) is 0 Å². The standard InChI is InChI=1S/C16H16N2O3S/c19-15(18-8-2-1-3-14(18)16(20)21)12-6-4-11(5-7-12)13-9-22-10-17-13/h4-7,9-10,14H,1-3,8H2,(H,20,21)/t14-/m1/s1. The van der Waals surface area contributed by atoms with Gasteiger partial charge in [-0.15, -0.1) is 11.3 Å². The topological polar surface area (TPSA) is 70.5 Å². The summed E-state index contributed by atoms with van der Waals surface area (Å²) < 4.78 is 0. The molecule has 0 spiro atoms. The molecule has 0 bridgehead atoms. The second-order valence-corrected chi connectivity index (χ2v) is 6.02. The molecule has 1 aliphatic heterocycles. The Balaban J connectivity index is 1.81. The summed E-state index contributed by atoms with van der Waals surface area (Å²) in [4.78, 5) is 29.6. The highest BCUT2D eigenvalue weighted by molar-refractivity contribution is 7.07. The molecule has 22 heavy (non-hydrogen) atoms. The first-order chi connectivity index (χ1) is 10.7. The van der Waals surface area contributed by atoms with Gasteiger partial charge >= 0.3 is 5.97 Å². The maximum absolute atomic E-state index is 12.6. The largest absolute Gasteiger partial charge is 0.480 e. The van der Waals surface area contributed by atoms with Crippen molar-refractivity contribution in [1.82, 2.24) is 9.88 Å². The summed E-state index contributed by atoms with van der Waals surface area (Å²) in [5, 5.41) is 11.2. The quantitative estimate of drug-likeness (QED) is 0.945. The average molecular weight is 316 g/mol. The molecule has 1 N–H and O–H groups in total. The van der Waals surface area contributed by atoms with Gasteiger partial charge in [0.05, 0.1) is 11.2 Å². The molecule has 1 saturated heterocycles. The lowest BCUT2D eigenvalue weighted by molar-refractivity contribution is -0.143. The van der Waals surface area contributed by atoms with Gasteiger partial charge in [0.15, 0.2) is 0 Å². The Bertz CT molecular complexity index is 667. The molecular weight excluding hydrogens is 300 g/mol. The van der Waals surface area contributed by atoms with E-state index in [2.05, 4.69) is 4.98 Å². The lowest BCUT2D eigenvalue weighted by Crippen LogP contribution is -2.47. The molecule has 6 heteroatoms. The number of likely N-dealkylation sites (tertiary alicyclic amines) is 1. The molecule has 0 unspecified atom stereocenters. The van der Waals surface area contributed by atoms with E-state index in [9.17, 15) is 14.7 Å². The van der Waals surface area contributed by atoms with E-state index < -0.39 is 12.0 Å². The minimum atomic E-state index is -0.924. The molecule has 1 atom stereocenters. The van der Waals surface area contributed by atoms with Crippen LogP contribution in [-0.4, -0.2) is 39.5 Å². The summed E-state index contributed by atoms with van der Waals surface area (Å²) in [5.74, 6) is -1.14. The van der Waals surface area contributed by atoms with Crippen LogP contribution in [-0.2, 0) is 4.79 Å². The molecule has 1 aromatic carbocycles. The predicted octanol–water partition coefficient (Wildman–Crippen LogP) is 2.89. The Labute approximate surface area is 132 Å². The number of aliphatic carboxylic acids is 1. The summed E-state index contributed by atoms with van der Waals surface area (Å²) in [7, 11) is 0. The van der Waals surface area contributed by atoms with E-state index in [-0.39, 0.29) is 5.91 Å². The van der Waals surface area contributed by atoms with Crippen LogP contribution in [0.25, 0.3) is 11.3 Å². The Kier molecular flexibility index (Phi) is 4.20. The molecule has 5 nitrogen and oxygen atoms in total. The van der Waals surface area contributed by atoms with Gasteiger partial charge in [-0.25, -0.2) is 9.78 Å². The molecule has 1 aliphatic rings. The number of carboxylic acids is 1. The van der Waals surface area contributed by atoms with Crippen molar-refractivity contribution in [2.75, 3.05) is 6.54 Å². The highest BCUT2D eigenvalue weighted by Gasteiger charge is 2.32. The monoisotopic (exact) mass is 316 g/mol. The van der Waals surface area contributed by atoms with Crippen LogP contribution in [0.2, 0.25) is 0 Å². The Hall–Kier alpha value is -2.21. The SMILES string of the molecule is O=C(O)[C@H]1CCCCN1C(=O)c1ccc(-c2cscn2)cc1. The zero-order valence-corrected chi connectivity index (χ0v) is 12.8. The number of piperidine rings is 1. The van der Waals surface area contributed by atoms with Crippen molar-refractivity contribution >= 4 is 23.2 Å². The zero-order valence-electron chi connectivity index (χ0n) is 11.9. The number of carbonyl (C=O) groups excluding carboxylic acids is 1. The van der Waals surface area contributed by atoms with Crippen molar-refractivity contribution < 1.29 is 14.7 Å². The lowest BCUT2D eigenvalue weighted by atomic mass is 10.0. The number of nitrogens with zero attached hydrogens (tertiary/aromatic N) is 2. The van der Waals surface area contributed by atoms with E-state index in [1.54, 1.807) is 17.6 Å². The maximum atomic E-state index is 12.6. The fraction of sp³-hybridized carbons (Fsp3) is 0.312. The third-order valence-corrected chi connectivity index (χ3v) is 4.50. The molecular formula is C16H16N2O3S. The normalized spacial score (nSPS) is 18.2. The fourth-order valence-corrected chi connectivity index (χ4v) is 3.30. The van der Waals surface area contributed by atoms with Crippen LogP contribution < -0.4 is 0 Å². The molecule has 3 rings (SSSR count). The average Bonchev–Trinajstić information content (AvgIpc) is 3.09. The van der Waals surface area contributed by atoms with Crippen LogP contribution in [0.15, 0.2) is 35.2 Å². The number of hydrogen-bond donors (Lipinski definition) is 1. The van der Waals surface area contributed by atoms with Crippen LogP contribution >= 0.6 is 11.3 Å². The van der Waals surface area contributed by atoms with Gasteiger partial charge in [-0.1, -0.05) is 12.1 Å². The minimum Gasteiger partial charge on any atom is -0.480 e.